The number of aliphatic hydroxyl groups excluding tert-OH is 1. The van der Waals surface area contributed by atoms with E-state index in [0.717, 1.165) is 141 Å². The molecule has 3 atom stereocenters. The Kier molecular flexibility index (Phi) is 51.9. The molecule has 0 rings (SSSR count). The third-order valence-electron chi connectivity index (χ3n) is 12.1. The second kappa shape index (κ2) is 54.2. The van der Waals surface area contributed by atoms with Crippen molar-refractivity contribution in [2.45, 2.75) is 264 Å². The van der Waals surface area contributed by atoms with E-state index in [1.165, 1.54) is 51.4 Å². The molecular formula is C60H105O11P. The number of aliphatic hydroxyl groups is 1. The number of hydrogen-bond acceptors (Lipinski definition) is 10. The lowest BCUT2D eigenvalue weighted by Crippen LogP contribution is -2.30. The number of carbonyl (C=O) groups is 3. The third-order valence-corrected chi connectivity index (χ3v) is 13.0. The smallest absolute Gasteiger partial charge is 0.462 e. The summed E-state index contributed by atoms with van der Waals surface area (Å²) in [6.45, 7) is 4.46. The summed E-state index contributed by atoms with van der Waals surface area (Å²) in [5.74, 6) is -1.50. The van der Waals surface area contributed by atoms with Gasteiger partial charge in [0.15, 0.2) is 6.10 Å². The molecule has 11 nitrogen and oxygen atoms in total. The van der Waals surface area contributed by atoms with Crippen molar-refractivity contribution in [2.24, 2.45) is 0 Å². The molecule has 0 aromatic rings. The summed E-state index contributed by atoms with van der Waals surface area (Å²) in [7, 11) is -4.75. The number of phosphoric acid groups is 1. The summed E-state index contributed by atoms with van der Waals surface area (Å²) in [6, 6.07) is 0. The Morgan fingerprint density at radius 2 is 0.736 bits per heavy atom. The molecule has 0 aliphatic carbocycles. The zero-order valence-electron chi connectivity index (χ0n) is 45.9. The SMILES string of the molecule is CC/C=C\C/C=C\C/C=C\C/C=C\CCCCCCCCC(=O)OC(COC(=O)CCCCCCC/C=C\CCCCCCCC)COP(=O)(O)OCC(CO)OC(=O)CCCCCCC/C=C\CCCC. The number of esters is 3. The van der Waals surface area contributed by atoms with Crippen LogP contribution in [0.2, 0.25) is 0 Å². The van der Waals surface area contributed by atoms with Crippen LogP contribution in [0.1, 0.15) is 252 Å². The Balaban J connectivity index is 4.77. The molecule has 0 aliphatic rings. The van der Waals surface area contributed by atoms with Crippen molar-refractivity contribution in [1.29, 1.82) is 0 Å². The molecule has 0 aliphatic heterocycles. The minimum absolute atomic E-state index is 0.148. The lowest BCUT2D eigenvalue weighted by Gasteiger charge is -2.21. The number of allylic oxidation sites excluding steroid dienone is 12. The summed E-state index contributed by atoms with van der Waals surface area (Å²) in [5, 5.41) is 9.79. The van der Waals surface area contributed by atoms with Crippen LogP contribution in [0.25, 0.3) is 0 Å². The Hall–Kier alpha value is -3.08. The van der Waals surface area contributed by atoms with Gasteiger partial charge in [0.1, 0.15) is 12.7 Å². The van der Waals surface area contributed by atoms with E-state index in [0.29, 0.717) is 19.3 Å². The summed E-state index contributed by atoms with van der Waals surface area (Å²) < 4.78 is 39.5. The minimum Gasteiger partial charge on any atom is -0.462 e. The molecule has 3 unspecified atom stereocenters. The largest absolute Gasteiger partial charge is 0.472 e. The van der Waals surface area contributed by atoms with Crippen LogP contribution in [0.15, 0.2) is 72.9 Å². The number of phosphoric ester groups is 1. The molecule has 0 aromatic carbocycles. The molecular weight excluding hydrogens is 928 g/mol. The summed E-state index contributed by atoms with van der Waals surface area (Å²) >= 11 is 0. The first-order chi connectivity index (χ1) is 35.2. The van der Waals surface area contributed by atoms with Crippen molar-refractivity contribution in [3.8, 4) is 0 Å². The average molecular weight is 1030 g/mol. The lowest BCUT2D eigenvalue weighted by atomic mass is 10.1. The summed E-state index contributed by atoms with van der Waals surface area (Å²) in [5.41, 5.74) is 0. The zero-order chi connectivity index (χ0) is 52.7. The first-order valence-corrected chi connectivity index (χ1v) is 30.3. The molecule has 12 heteroatoms. The predicted molar refractivity (Wildman–Crippen MR) is 298 cm³/mol. The van der Waals surface area contributed by atoms with E-state index in [-0.39, 0.29) is 25.9 Å². The van der Waals surface area contributed by atoms with Gasteiger partial charge in [-0.3, -0.25) is 23.4 Å². The molecule has 416 valence electrons. The first kappa shape index (κ1) is 68.9. The molecule has 0 aromatic heterocycles. The molecule has 0 amide bonds. The van der Waals surface area contributed by atoms with E-state index in [1.54, 1.807) is 0 Å². The Morgan fingerprint density at radius 3 is 1.17 bits per heavy atom. The molecule has 0 fully saturated rings. The van der Waals surface area contributed by atoms with Crippen molar-refractivity contribution >= 4 is 25.7 Å². The van der Waals surface area contributed by atoms with Gasteiger partial charge in [-0.15, -0.1) is 0 Å². The van der Waals surface area contributed by atoms with E-state index in [2.05, 4.69) is 93.7 Å². The number of unbranched alkanes of at least 4 members (excludes halogenated alkanes) is 24. The van der Waals surface area contributed by atoms with E-state index >= 15 is 0 Å². The fourth-order valence-corrected chi connectivity index (χ4v) is 8.46. The normalized spacial score (nSPS) is 13.9. The topological polar surface area (TPSA) is 155 Å². The van der Waals surface area contributed by atoms with E-state index in [9.17, 15) is 28.9 Å². The Bertz CT molecular complexity index is 1490. The van der Waals surface area contributed by atoms with E-state index in [4.69, 9.17) is 23.3 Å². The van der Waals surface area contributed by atoms with Gasteiger partial charge in [0.05, 0.1) is 19.8 Å². The van der Waals surface area contributed by atoms with Gasteiger partial charge in [-0.2, -0.15) is 0 Å². The highest BCUT2D eigenvalue weighted by Crippen LogP contribution is 2.43. The first-order valence-electron chi connectivity index (χ1n) is 28.8. The maximum Gasteiger partial charge on any atom is 0.472 e. The highest BCUT2D eigenvalue weighted by Gasteiger charge is 2.28. The molecule has 0 heterocycles. The van der Waals surface area contributed by atoms with E-state index < -0.39 is 57.8 Å². The Labute approximate surface area is 439 Å². The van der Waals surface area contributed by atoms with Crippen molar-refractivity contribution in [3.05, 3.63) is 72.9 Å². The highest BCUT2D eigenvalue weighted by atomic mass is 31.2. The van der Waals surface area contributed by atoms with Crippen LogP contribution in [0.4, 0.5) is 0 Å². The fourth-order valence-electron chi connectivity index (χ4n) is 7.68. The van der Waals surface area contributed by atoms with Gasteiger partial charge >= 0.3 is 25.7 Å². The zero-order valence-corrected chi connectivity index (χ0v) is 46.8. The van der Waals surface area contributed by atoms with Crippen LogP contribution >= 0.6 is 7.82 Å². The molecule has 0 saturated heterocycles. The van der Waals surface area contributed by atoms with Crippen LogP contribution in [0.5, 0.6) is 0 Å². The molecule has 0 spiro atoms. The van der Waals surface area contributed by atoms with Crippen molar-refractivity contribution < 1.29 is 52.2 Å². The van der Waals surface area contributed by atoms with Crippen molar-refractivity contribution in [3.63, 3.8) is 0 Å². The second-order valence-corrected chi connectivity index (χ2v) is 20.5. The standard InChI is InChI=1S/C60H105O11P/c1-4-7-10-13-16-19-22-24-26-27-28-29-31-33-36-39-42-45-48-51-60(64)71-57(53-67-58(62)49-46-43-40-37-35-32-30-25-23-20-17-14-11-8-5-2)55-69-72(65,66)68-54-56(52-61)70-59(63)50-47-44-41-38-34-21-18-15-12-9-6-3/h7,10,15-16,18-19,24-26,28-30,56-57,61H,4-6,8-9,11-14,17,20-23,27,31-55H2,1-3H3,(H,65,66)/b10-7-,18-15-,19-16-,26-24-,29-28-,30-25-. The quantitative estimate of drug-likeness (QED) is 0.0197. The number of ether oxygens (including phenoxy) is 3. The highest BCUT2D eigenvalue weighted by molar-refractivity contribution is 7.47. The molecule has 2 N–H and O–H groups in total. The fraction of sp³-hybridized carbons (Fsp3) is 0.750. The van der Waals surface area contributed by atoms with Gasteiger partial charge in [0, 0.05) is 19.3 Å². The number of rotatable bonds is 53. The minimum atomic E-state index is -4.75. The predicted octanol–water partition coefficient (Wildman–Crippen LogP) is 16.9. The summed E-state index contributed by atoms with van der Waals surface area (Å²) in [4.78, 5) is 48.5. The number of carbonyl (C=O) groups excluding carboxylic acids is 3. The molecule has 0 bridgehead atoms. The van der Waals surface area contributed by atoms with Gasteiger partial charge in [-0.25, -0.2) is 4.57 Å². The number of hydrogen-bond donors (Lipinski definition) is 2. The van der Waals surface area contributed by atoms with Gasteiger partial charge < -0.3 is 24.2 Å². The van der Waals surface area contributed by atoms with Crippen LogP contribution in [-0.4, -0.2) is 66.5 Å². The van der Waals surface area contributed by atoms with Gasteiger partial charge in [0.25, 0.3) is 0 Å². The molecule has 0 radical (unpaired) electrons. The van der Waals surface area contributed by atoms with Crippen LogP contribution in [-0.2, 0) is 42.2 Å². The average Bonchev–Trinajstić information content (AvgIpc) is 3.37. The maximum absolute atomic E-state index is 12.9. The van der Waals surface area contributed by atoms with E-state index in [1.807, 2.05) is 0 Å². The monoisotopic (exact) mass is 1030 g/mol. The van der Waals surface area contributed by atoms with Gasteiger partial charge in [-0.1, -0.05) is 203 Å². The molecule has 0 saturated carbocycles. The second-order valence-electron chi connectivity index (χ2n) is 19.1. The third kappa shape index (κ3) is 51.8. The van der Waals surface area contributed by atoms with Crippen molar-refractivity contribution in [1.82, 2.24) is 0 Å². The van der Waals surface area contributed by atoms with Crippen LogP contribution < -0.4 is 0 Å². The Morgan fingerprint density at radius 1 is 0.403 bits per heavy atom. The molecule has 72 heavy (non-hydrogen) atoms. The van der Waals surface area contributed by atoms with Crippen LogP contribution in [0, 0.1) is 0 Å². The summed E-state index contributed by atoms with van der Waals surface area (Å²) in [6.07, 6.45) is 60.0. The van der Waals surface area contributed by atoms with Crippen molar-refractivity contribution in [2.75, 3.05) is 26.4 Å². The van der Waals surface area contributed by atoms with Crippen LogP contribution in [0.3, 0.4) is 0 Å². The van der Waals surface area contributed by atoms with Gasteiger partial charge in [0.2, 0.25) is 0 Å². The maximum atomic E-state index is 12.9. The van der Waals surface area contributed by atoms with Gasteiger partial charge in [-0.05, 0) is 103 Å². The lowest BCUT2D eigenvalue weighted by molar-refractivity contribution is -0.161.